The van der Waals surface area contributed by atoms with Gasteiger partial charge in [-0.3, -0.25) is 4.79 Å². The Labute approximate surface area is 104 Å². The number of aryl methyl sites for hydroxylation is 2. The molecule has 0 atom stereocenters. The fraction of sp³-hybridized carbons (Fsp3) is 0.692. The molecule has 1 heterocycles. The van der Waals surface area contributed by atoms with Crippen LogP contribution in [0.1, 0.15) is 38.1 Å². The second kappa shape index (κ2) is 6.42. The minimum absolute atomic E-state index is 0.240. The summed E-state index contributed by atoms with van der Waals surface area (Å²) in [5, 5.41) is 0. The van der Waals surface area contributed by atoms with E-state index in [9.17, 15) is 4.79 Å². The monoisotopic (exact) mass is 236 g/mol. The van der Waals surface area contributed by atoms with Gasteiger partial charge in [-0.1, -0.05) is 0 Å². The molecule has 1 aromatic heterocycles. The van der Waals surface area contributed by atoms with Crippen LogP contribution in [0.2, 0.25) is 0 Å². The van der Waals surface area contributed by atoms with Gasteiger partial charge in [0.1, 0.15) is 0 Å². The van der Waals surface area contributed by atoms with Crippen LogP contribution < -0.4 is 0 Å². The maximum absolute atomic E-state index is 11.8. The van der Waals surface area contributed by atoms with Gasteiger partial charge in [0.05, 0.1) is 5.69 Å². The average molecular weight is 236 g/mol. The van der Waals surface area contributed by atoms with Crippen LogP contribution in [0.15, 0.2) is 0 Å². The number of aromatic nitrogens is 2. The fourth-order valence-electron chi connectivity index (χ4n) is 1.83. The highest BCUT2D eigenvalue weighted by molar-refractivity contribution is 5.76. The van der Waals surface area contributed by atoms with E-state index in [1.807, 2.05) is 37.2 Å². The minimum atomic E-state index is 0.240. The van der Waals surface area contributed by atoms with Gasteiger partial charge in [0.2, 0.25) is 5.91 Å². The van der Waals surface area contributed by atoms with Gasteiger partial charge >= 0.3 is 0 Å². The summed E-state index contributed by atoms with van der Waals surface area (Å²) in [5.41, 5.74) is 2.15. The average Bonchev–Trinajstić information content (AvgIpc) is 2.62. The predicted molar refractivity (Wildman–Crippen MR) is 67.7 cm³/mol. The molecule has 95 valence electrons. The summed E-state index contributed by atoms with van der Waals surface area (Å²) in [6.07, 6.45) is 4.40. The lowest BCUT2D eigenvalue weighted by Crippen LogP contribution is -2.30. The van der Waals surface area contributed by atoms with E-state index in [4.69, 9.17) is 0 Å². The number of hydrogen-bond acceptors (Lipinski definition) is 2. The molecule has 0 saturated heterocycles. The first-order chi connectivity index (χ1) is 8.10. The largest absolute Gasteiger partial charge is 0.343 e. The lowest BCUT2D eigenvalue weighted by atomic mass is 10.2. The van der Waals surface area contributed by atoms with Crippen LogP contribution >= 0.6 is 0 Å². The zero-order valence-electron chi connectivity index (χ0n) is 11.3. The summed E-state index contributed by atoms with van der Waals surface area (Å²) < 4.78 is 1.99. The van der Waals surface area contributed by atoms with Crippen molar-refractivity contribution >= 4 is 5.91 Å². The Bertz CT molecular complexity index is 367. The SMILES string of the molecule is CCN(CC)C(=O)CCCn1[c]nc(C)c1C. The van der Waals surface area contributed by atoms with E-state index in [1.165, 1.54) is 0 Å². The van der Waals surface area contributed by atoms with Crippen molar-refractivity contribution in [1.29, 1.82) is 0 Å². The molecule has 1 radical (unpaired) electrons. The minimum Gasteiger partial charge on any atom is -0.343 e. The van der Waals surface area contributed by atoms with Gasteiger partial charge in [0.15, 0.2) is 6.33 Å². The fourth-order valence-corrected chi connectivity index (χ4v) is 1.83. The molecule has 1 aromatic rings. The van der Waals surface area contributed by atoms with Gasteiger partial charge in [-0.05, 0) is 34.1 Å². The standard InChI is InChI=1S/C13H22N3O/c1-5-15(6-2)13(17)8-7-9-16-10-14-11(3)12(16)4/h5-9H2,1-4H3. The van der Waals surface area contributed by atoms with Gasteiger partial charge in [-0.25, -0.2) is 4.98 Å². The highest BCUT2D eigenvalue weighted by Crippen LogP contribution is 2.06. The van der Waals surface area contributed by atoms with Gasteiger partial charge in [-0.2, -0.15) is 0 Å². The van der Waals surface area contributed by atoms with Crippen molar-refractivity contribution in [1.82, 2.24) is 14.5 Å². The number of hydrogen-bond donors (Lipinski definition) is 0. The third-order valence-corrected chi connectivity index (χ3v) is 3.16. The van der Waals surface area contributed by atoms with Gasteiger partial charge in [0, 0.05) is 31.7 Å². The van der Waals surface area contributed by atoms with E-state index in [2.05, 4.69) is 11.3 Å². The summed E-state index contributed by atoms with van der Waals surface area (Å²) in [5.74, 6) is 0.240. The predicted octanol–water partition coefficient (Wildman–Crippen LogP) is 1.95. The van der Waals surface area contributed by atoms with Crippen molar-refractivity contribution in [3.05, 3.63) is 17.7 Å². The molecule has 0 aliphatic heterocycles. The van der Waals surface area contributed by atoms with E-state index in [1.54, 1.807) is 0 Å². The molecule has 0 spiro atoms. The van der Waals surface area contributed by atoms with E-state index in [-0.39, 0.29) is 5.91 Å². The molecule has 0 N–H and O–H groups in total. The quantitative estimate of drug-likeness (QED) is 0.757. The maximum Gasteiger partial charge on any atom is 0.222 e. The molecule has 0 saturated carbocycles. The molecule has 0 bridgehead atoms. The molecule has 0 aliphatic rings. The number of imidazole rings is 1. The summed E-state index contributed by atoms with van der Waals surface area (Å²) in [4.78, 5) is 17.8. The van der Waals surface area contributed by atoms with Gasteiger partial charge < -0.3 is 9.47 Å². The normalized spacial score (nSPS) is 10.6. The van der Waals surface area contributed by atoms with Crippen molar-refractivity contribution < 1.29 is 4.79 Å². The third kappa shape index (κ3) is 3.58. The maximum atomic E-state index is 11.8. The lowest BCUT2D eigenvalue weighted by molar-refractivity contribution is -0.130. The van der Waals surface area contributed by atoms with E-state index < -0.39 is 0 Å². The smallest absolute Gasteiger partial charge is 0.222 e. The Kier molecular flexibility index (Phi) is 5.19. The van der Waals surface area contributed by atoms with Crippen LogP contribution in [0.3, 0.4) is 0 Å². The Morgan fingerprint density at radius 1 is 1.35 bits per heavy atom. The first-order valence-corrected chi connectivity index (χ1v) is 6.29. The molecule has 1 amide bonds. The molecule has 0 aliphatic carbocycles. The lowest BCUT2D eigenvalue weighted by Gasteiger charge is -2.18. The van der Waals surface area contributed by atoms with Crippen molar-refractivity contribution in [2.45, 2.75) is 47.1 Å². The zero-order valence-corrected chi connectivity index (χ0v) is 11.3. The van der Waals surface area contributed by atoms with E-state index in [0.717, 1.165) is 37.4 Å². The summed E-state index contributed by atoms with van der Waals surface area (Å²) >= 11 is 0. The molecule has 0 unspecified atom stereocenters. The second-order valence-electron chi connectivity index (χ2n) is 4.20. The van der Waals surface area contributed by atoms with E-state index in [0.29, 0.717) is 6.42 Å². The number of rotatable bonds is 6. The number of nitrogens with zero attached hydrogens (tertiary/aromatic N) is 3. The van der Waals surface area contributed by atoms with Crippen molar-refractivity contribution in [2.75, 3.05) is 13.1 Å². The molecular formula is C13H22N3O. The first kappa shape index (κ1) is 13.7. The molecule has 0 fully saturated rings. The van der Waals surface area contributed by atoms with Gasteiger partial charge in [0.25, 0.3) is 0 Å². The Morgan fingerprint density at radius 3 is 2.47 bits per heavy atom. The summed E-state index contributed by atoms with van der Waals surface area (Å²) in [6.45, 7) is 10.4. The van der Waals surface area contributed by atoms with Crippen LogP contribution in [0.5, 0.6) is 0 Å². The summed E-state index contributed by atoms with van der Waals surface area (Å²) in [6, 6.07) is 0. The molecule has 4 nitrogen and oxygen atoms in total. The number of carbonyl (C=O) groups excluding carboxylic acids is 1. The third-order valence-electron chi connectivity index (χ3n) is 3.16. The molecule has 17 heavy (non-hydrogen) atoms. The second-order valence-corrected chi connectivity index (χ2v) is 4.20. The Balaban J connectivity index is 2.38. The molecule has 0 aromatic carbocycles. The van der Waals surface area contributed by atoms with Crippen molar-refractivity contribution in [3.8, 4) is 0 Å². The van der Waals surface area contributed by atoms with Crippen LogP contribution in [-0.2, 0) is 11.3 Å². The van der Waals surface area contributed by atoms with Crippen LogP contribution in [0, 0.1) is 20.2 Å². The number of amides is 1. The number of carbonyl (C=O) groups is 1. The first-order valence-electron chi connectivity index (χ1n) is 6.29. The van der Waals surface area contributed by atoms with Crippen LogP contribution in [0.25, 0.3) is 0 Å². The van der Waals surface area contributed by atoms with Gasteiger partial charge in [-0.15, -0.1) is 0 Å². The molecular weight excluding hydrogens is 214 g/mol. The van der Waals surface area contributed by atoms with E-state index >= 15 is 0 Å². The Hall–Kier alpha value is -1.32. The van der Waals surface area contributed by atoms with Crippen molar-refractivity contribution in [3.63, 3.8) is 0 Å². The van der Waals surface area contributed by atoms with Crippen LogP contribution in [-0.4, -0.2) is 33.4 Å². The van der Waals surface area contributed by atoms with Crippen LogP contribution in [0.4, 0.5) is 0 Å². The topological polar surface area (TPSA) is 38.1 Å². The highest BCUT2D eigenvalue weighted by atomic mass is 16.2. The molecule has 1 rings (SSSR count). The highest BCUT2D eigenvalue weighted by Gasteiger charge is 2.09. The zero-order chi connectivity index (χ0) is 12.8. The Morgan fingerprint density at radius 2 is 2.00 bits per heavy atom. The molecule has 4 heteroatoms. The summed E-state index contributed by atoms with van der Waals surface area (Å²) in [7, 11) is 0. The van der Waals surface area contributed by atoms with Crippen molar-refractivity contribution in [2.24, 2.45) is 0 Å².